The molecule has 103 heavy (non-hydrogen) atoms. The van der Waals surface area contributed by atoms with E-state index in [1.54, 1.807) is 0 Å². The zero-order valence-electron chi connectivity index (χ0n) is 71.7. The van der Waals surface area contributed by atoms with Crippen molar-refractivity contribution in [2.24, 2.45) is 0 Å². The first kappa shape index (κ1) is 54.8. The van der Waals surface area contributed by atoms with Crippen molar-refractivity contribution in [2.45, 2.75) is 131 Å². The van der Waals surface area contributed by atoms with Crippen LogP contribution in [0, 0.1) is 0 Å². The Balaban J connectivity index is 1.07. The molecule has 2 aliphatic rings. The van der Waals surface area contributed by atoms with Crippen molar-refractivity contribution in [3.05, 3.63) is 307 Å². The van der Waals surface area contributed by atoms with Gasteiger partial charge >= 0.3 is 0 Å². The lowest BCUT2D eigenvalue weighted by Gasteiger charge is -2.45. The van der Waals surface area contributed by atoms with Crippen molar-refractivity contribution in [1.29, 1.82) is 0 Å². The molecule has 0 radical (unpaired) electrons. The molecule has 5 heteroatoms. The second-order valence-corrected chi connectivity index (χ2v) is 33.6. The molecule has 0 fully saturated rings. The first-order chi connectivity index (χ1) is 53.4. The van der Waals surface area contributed by atoms with E-state index in [4.69, 9.17) is 5.48 Å². The predicted octanol–water partition coefficient (Wildman–Crippen LogP) is 25.1. The molecule has 0 amide bonds. The fourth-order valence-corrected chi connectivity index (χ4v) is 15.9. The fraction of sp³-hybridized carbons (Fsp3) is 0.204. The molecule has 506 valence electrons. The molecule has 4 nitrogen and oxygen atoms in total. The maximum Gasteiger partial charge on any atom is 0.252 e. The molecular formula is C98H91BN4. The van der Waals surface area contributed by atoms with Gasteiger partial charge in [0.2, 0.25) is 0 Å². The molecule has 2 aromatic heterocycles. The van der Waals surface area contributed by atoms with Crippen LogP contribution in [0.2, 0.25) is 0 Å². The summed E-state index contributed by atoms with van der Waals surface area (Å²) in [5.41, 5.74) is 23.0. The molecule has 15 aromatic rings. The Labute approximate surface area is 623 Å². The van der Waals surface area contributed by atoms with Crippen LogP contribution in [0.5, 0.6) is 0 Å². The van der Waals surface area contributed by atoms with Crippen LogP contribution in [-0.4, -0.2) is 15.8 Å². The first-order valence-corrected chi connectivity index (χ1v) is 36.2. The molecule has 0 aliphatic carbocycles. The number of nitrogens with zero attached hydrogens (tertiary/aromatic N) is 4. The molecule has 0 N–H and O–H groups in total. The quantitative estimate of drug-likeness (QED) is 0.141. The Morgan fingerprint density at radius 3 is 1.19 bits per heavy atom. The second kappa shape index (κ2) is 23.9. The van der Waals surface area contributed by atoms with Crippen molar-refractivity contribution >= 4 is 101 Å². The summed E-state index contributed by atoms with van der Waals surface area (Å²) >= 11 is 0. The van der Waals surface area contributed by atoms with Crippen LogP contribution in [0.15, 0.2) is 279 Å². The summed E-state index contributed by atoms with van der Waals surface area (Å²) in [4.78, 5) is 4.74. The summed E-state index contributed by atoms with van der Waals surface area (Å²) in [6.45, 7) is 33.3. The number of fused-ring (bicyclic) bond motifs is 10. The summed E-state index contributed by atoms with van der Waals surface area (Å²) in [6, 6.07) is 74.8. The molecule has 0 bridgehead atoms. The number of benzene rings is 13. The minimum absolute atomic E-state index is 0.0655. The lowest BCUT2D eigenvalue weighted by atomic mass is 9.33. The summed E-state index contributed by atoms with van der Waals surface area (Å²) < 4.78 is 97.4. The van der Waals surface area contributed by atoms with Crippen LogP contribution in [0.25, 0.3) is 99.5 Å². The lowest BCUT2D eigenvalue weighted by molar-refractivity contribution is 0.569. The van der Waals surface area contributed by atoms with Crippen molar-refractivity contribution in [1.82, 2.24) is 9.13 Å². The molecule has 0 atom stereocenters. The topological polar surface area (TPSA) is 16.3 Å². The molecule has 0 spiro atoms. The maximum absolute atomic E-state index is 9.68. The smallest absolute Gasteiger partial charge is 0.252 e. The zero-order valence-corrected chi connectivity index (χ0v) is 61.7. The molecule has 0 saturated heterocycles. The van der Waals surface area contributed by atoms with E-state index in [1.807, 2.05) is 30.3 Å². The van der Waals surface area contributed by atoms with E-state index in [9.17, 15) is 8.22 Å². The van der Waals surface area contributed by atoms with Crippen LogP contribution < -0.4 is 26.2 Å². The number of anilines is 6. The van der Waals surface area contributed by atoms with Crippen LogP contribution >= 0.6 is 0 Å². The number of rotatable bonds is 8. The third kappa shape index (κ3) is 11.1. The van der Waals surface area contributed by atoms with E-state index in [1.165, 1.54) is 21.9 Å². The highest BCUT2D eigenvalue weighted by atomic mass is 15.2. The fourth-order valence-electron chi connectivity index (χ4n) is 15.9. The molecule has 13 aromatic carbocycles. The van der Waals surface area contributed by atoms with E-state index in [0.29, 0.717) is 16.8 Å². The highest BCUT2D eigenvalue weighted by Gasteiger charge is 2.45. The van der Waals surface area contributed by atoms with Crippen LogP contribution in [0.4, 0.5) is 34.1 Å². The van der Waals surface area contributed by atoms with Gasteiger partial charge in [-0.1, -0.05) is 298 Å². The Morgan fingerprint density at radius 2 is 0.689 bits per heavy atom. The van der Waals surface area contributed by atoms with Crippen molar-refractivity contribution in [3.8, 4) is 55.9 Å². The van der Waals surface area contributed by atoms with Gasteiger partial charge in [0.15, 0.2) is 0 Å². The van der Waals surface area contributed by atoms with Crippen LogP contribution in [-0.2, 0) is 27.1 Å². The van der Waals surface area contributed by atoms with Crippen molar-refractivity contribution in [2.75, 3.05) is 9.80 Å². The number of para-hydroxylation sites is 3. The molecule has 2 aliphatic heterocycles. The largest absolute Gasteiger partial charge is 0.311 e. The number of aromatic nitrogens is 2. The third-order valence-corrected chi connectivity index (χ3v) is 21.6. The summed E-state index contributed by atoms with van der Waals surface area (Å²) in [5, 5.41) is 4.34. The van der Waals surface area contributed by atoms with Gasteiger partial charge in [0, 0.05) is 55.7 Å². The number of hydrogen-bond acceptors (Lipinski definition) is 2. The third-order valence-electron chi connectivity index (χ3n) is 21.6. The Bertz CT molecular complexity index is 6380. The summed E-state index contributed by atoms with van der Waals surface area (Å²) in [7, 11) is 0. The Hall–Kier alpha value is -10.9. The normalized spacial score (nSPS) is 14.7. The van der Waals surface area contributed by atoms with Gasteiger partial charge in [0.25, 0.3) is 6.71 Å². The first-order valence-electron chi connectivity index (χ1n) is 41.2. The van der Waals surface area contributed by atoms with Crippen molar-refractivity contribution in [3.63, 3.8) is 0 Å². The van der Waals surface area contributed by atoms with Gasteiger partial charge in [0.05, 0.1) is 47.1 Å². The van der Waals surface area contributed by atoms with Gasteiger partial charge in [-0.3, -0.25) is 0 Å². The minimum Gasteiger partial charge on any atom is -0.311 e. The lowest BCUT2D eigenvalue weighted by Crippen LogP contribution is -2.61. The molecular weight excluding hydrogens is 1240 g/mol. The molecule has 4 heterocycles. The second-order valence-electron chi connectivity index (χ2n) is 33.6. The minimum atomic E-state index is -0.598. The van der Waals surface area contributed by atoms with Gasteiger partial charge in [-0.25, -0.2) is 0 Å². The SMILES string of the molecule is [2H]c1c([2H])c([2H])c(-c2ccc3c(c2)N(c2cc(-c4ccccc4)cc(C(C)(C)C)c2)c2cc(-c4cc(C(C)(C)C)cc(C(C)(C)C)c4)cc4c2B3c2ccc(-c3c([2H])c([2H])c([2H])c([2H])c3[2H])cc2N4c2cccc3c4cccc(-n5c6ccc(C(C)(C)C)cc6c6cc(C(C)(C)C)ccc65)c4n(-c4ccccc4)c23)c([2H])c1[2H]. The molecule has 17 rings (SSSR count). The highest BCUT2D eigenvalue weighted by molar-refractivity contribution is 7.00. The summed E-state index contributed by atoms with van der Waals surface area (Å²) in [5.74, 6) is 0. The van der Waals surface area contributed by atoms with Gasteiger partial charge in [0.1, 0.15) is 0 Å². The van der Waals surface area contributed by atoms with E-state index in [2.05, 4.69) is 311 Å². The molecule has 0 saturated carbocycles. The zero-order chi connectivity index (χ0) is 80.1. The maximum atomic E-state index is 9.68. The van der Waals surface area contributed by atoms with Gasteiger partial charge in [-0.2, -0.15) is 0 Å². The predicted molar refractivity (Wildman–Crippen MR) is 444 cm³/mol. The Morgan fingerprint density at radius 1 is 0.262 bits per heavy atom. The highest BCUT2D eigenvalue weighted by Crippen LogP contribution is 2.53. The number of hydrogen-bond donors (Lipinski definition) is 0. The summed E-state index contributed by atoms with van der Waals surface area (Å²) in [6.07, 6.45) is 0. The molecule has 0 unspecified atom stereocenters. The van der Waals surface area contributed by atoms with E-state index in [0.717, 1.165) is 128 Å². The average molecular weight is 1350 g/mol. The van der Waals surface area contributed by atoms with Crippen LogP contribution in [0.3, 0.4) is 0 Å². The van der Waals surface area contributed by atoms with Gasteiger partial charge in [-0.05, 0) is 201 Å². The Kier molecular flexibility index (Phi) is 12.7. The van der Waals surface area contributed by atoms with Gasteiger partial charge < -0.3 is 18.9 Å². The average Bonchev–Trinajstić information content (AvgIpc) is 1.28. The van der Waals surface area contributed by atoms with Crippen molar-refractivity contribution < 1.29 is 13.7 Å². The monoisotopic (exact) mass is 1340 g/mol. The van der Waals surface area contributed by atoms with E-state index >= 15 is 0 Å². The van der Waals surface area contributed by atoms with E-state index in [-0.39, 0.29) is 62.4 Å². The van der Waals surface area contributed by atoms with Gasteiger partial charge in [-0.15, -0.1) is 0 Å². The standard InChI is InChI=1S/C98H91BN4/c1-94(2,3)70-44-48-83-79(60-70)80-61-71(95(4,5)6)45-49-84(80)102(83)85-40-28-38-77-78-39-29-41-86(93(78)101(92(77)85)75-36-26-19-27-37-75)103-88-55-66(63-32-22-17-23-33-63)43-47-82(88)99-81-46-42-65(62-30-20-16-21-31-62)54-87(81)100(76-53-68(64-34-24-18-25-35-64)52-74(59-76)98(13,14)15)89-56-69(57-90(103)91(89)99)67-50-72(96(7,8)9)58-73(51-67)97(10,11)12/h16-61H,1-15H3/i16D,17D,20D,21D,22D,23D,30D,31D,32D,33D. The van der Waals surface area contributed by atoms with E-state index < -0.39 is 43.0 Å². The van der Waals surface area contributed by atoms with Crippen LogP contribution in [0.1, 0.15) is 145 Å².